The molecular formula is C10H7IN4O. The molecular weight excluding hydrogens is 319 g/mol. The Kier molecular flexibility index (Phi) is 2.16. The van der Waals surface area contributed by atoms with Crippen LogP contribution in [0.1, 0.15) is 0 Å². The van der Waals surface area contributed by atoms with Gasteiger partial charge in [0, 0.05) is 35.0 Å². The minimum absolute atomic E-state index is 0.459. The molecule has 0 saturated heterocycles. The Bertz CT molecular complexity index is 658. The molecule has 0 saturated carbocycles. The summed E-state index contributed by atoms with van der Waals surface area (Å²) in [6.45, 7) is 0. The number of aromatic nitrogens is 4. The van der Waals surface area contributed by atoms with Crippen molar-refractivity contribution in [3.05, 3.63) is 28.1 Å². The van der Waals surface area contributed by atoms with Crippen LogP contribution in [0.3, 0.4) is 0 Å². The smallest absolute Gasteiger partial charge is 0.279 e. The summed E-state index contributed by atoms with van der Waals surface area (Å²) in [7, 11) is 1.90. The summed E-state index contributed by atoms with van der Waals surface area (Å²) in [6.07, 6.45) is 0. The van der Waals surface area contributed by atoms with E-state index in [1.165, 1.54) is 0 Å². The molecule has 1 aromatic carbocycles. The predicted octanol–water partition coefficient (Wildman–Crippen LogP) is 2.23. The van der Waals surface area contributed by atoms with E-state index in [9.17, 15) is 0 Å². The molecule has 0 aliphatic rings. The minimum Gasteiger partial charge on any atom is -0.331 e. The van der Waals surface area contributed by atoms with Gasteiger partial charge in [-0.2, -0.15) is 10.1 Å². The van der Waals surface area contributed by atoms with Crippen molar-refractivity contribution >= 4 is 33.5 Å². The van der Waals surface area contributed by atoms with Gasteiger partial charge in [0.2, 0.25) is 3.83 Å². The number of aryl methyl sites for hydroxylation is 1. The lowest BCUT2D eigenvalue weighted by atomic mass is 10.2. The van der Waals surface area contributed by atoms with Crippen LogP contribution in [0.25, 0.3) is 22.5 Å². The first-order valence-corrected chi connectivity index (χ1v) is 5.75. The van der Waals surface area contributed by atoms with Crippen LogP contribution in [-0.4, -0.2) is 19.9 Å². The lowest BCUT2D eigenvalue weighted by Gasteiger charge is -1.90. The van der Waals surface area contributed by atoms with E-state index in [0.717, 1.165) is 16.6 Å². The number of rotatable bonds is 1. The van der Waals surface area contributed by atoms with E-state index in [2.05, 4.69) is 15.2 Å². The molecule has 0 radical (unpaired) electrons. The average molecular weight is 326 g/mol. The summed E-state index contributed by atoms with van der Waals surface area (Å²) in [4.78, 5) is 4.18. The molecule has 0 unspecified atom stereocenters. The van der Waals surface area contributed by atoms with Gasteiger partial charge in [-0.1, -0.05) is 23.4 Å². The first-order chi connectivity index (χ1) is 7.75. The van der Waals surface area contributed by atoms with Gasteiger partial charge in [-0.3, -0.25) is 4.68 Å². The largest absolute Gasteiger partial charge is 0.331 e. The maximum Gasteiger partial charge on any atom is 0.279 e. The summed E-state index contributed by atoms with van der Waals surface area (Å²) in [5.41, 5.74) is 1.78. The third-order valence-electron chi connectivity index (χ3n) is 2.36. The molecule has 0 bridgehead atoms. The van der Waals surface area contributed by atoms with Crippen molar-refractivity contribution < 1.29 is 4.52 Å². The quantitative estimate of drug-likeness (QED) is 0.644. The standard InChI is InChI=1S/C10H7IN4O/c1-15-7-5-3-2-4-6(7)8(13-15)9-12-10(11)14-16-9/h2-5H,1H3. The van der Waals surface area contributed by atoms with Gasteiger partial charge in [-0.25, -0.2) is 0 Å². The predicted molar refractivity (Wildman–Crippen MR) is 66.7 cm³/mol. The summed E-state index contributed by atoms with van der Waals surface area (Å²) in [6, 6.07) is 7.95. The molecule has 0 atom stereocenters. The molecule has 16 heavy (non-hydrogen) atoms. The monoisotopic (exact) mass is 326 g/mol. The van der Waals surface area contributed by atoms with Crippen LogP contribution in [0.2, 0.25) is 0 Å². The third-order valence-corrected chi connectivity index (χ3v) is 2.80. The topological polar surface area (TPSA) is 56.7 Å². The van der Waals surface area contributed by atoms with Crippen LogP contribution in [0, 0.1) is 3.83 Å². The van der Waals surface area contributed by atoms with Crippen molar-refractivity contribution in [3.8, 4) is 11.6 Å². The Morgan fingerprint density at radius 3 is 2.88 bits per heavy atom. The summed E-state index contributed by atoms with van der Waals surface area (Å²) < 4.78 is 7.52. The first-order valence-electron chi connectivity index (χ1n) is 4.67. The van der Waals surface area contributed by atoms with Crippen LogP contribution in [0.5, 0.6) is 0 Å². The van der Waals surface area contributed by atoms with E-state index in [-0.39, 0.29) is 0 Å². The molecule has 2 aromatic heterocycles. The highest BCUT2D eigenvalue weighted by Crippen LogP contribution is 2.25. The van der Waals surface area contributed by atoms with Gasteiger partial charge in [0.15, 0.2) is 5.69 Å². The van der Waals surface area contributed by atoms with E-state index in [1.807, 2.05) is 58.6 Å². The zero-order valence-electron chi connectivity index (χ0n) is 8.38. The summed E-state index contributed by atoms with van der Waals surface area (Å²) in [5, 5.41) is 9.17. The number of fused-ring (bicyclic) bond motifs is 1. The Hall–Kier alpha value is -1.44. The summed E-state index contributed by atoms with van der Waals surface area (Å²) in [5.74, 6) is 0.459. The van der Waals surface area contributed by atoms with Crippen LogP contribution in [0.15, 0.2) is 28.8 Å². The highest BCUT2D eigenvalue weighted by atomic mass is 127. The lowest BCUT2D eigenvalue weighted by molar-refractivity contribution is 0.424. The number of nitrogens with zero attached hydrogens (tertiary/aromatic N) is 4. The molecule has 5 nitrogen and oxygen atoms in total. The molecule has 0 fully saturated rings. The Labute approximate surface area is 105 Å². The fraction of sp³-hybridized carbons (Fsp3) is 0.100. The molecule has 6 heteroatoms. The van der Waals surface area contributed by atoms with Gasteiger partial charge in [0.1, 0.15) is 0 Å². The van der Waals surface area contributed by atoms with Gasteiger partial charge in [0.05, 0.1) is 5.52 Å². The molecule has 0 amide bonds. The second kappa shape index (κ2) is 3.55. The van der Waals surface area contributed by atoms with E-state index in [4.69, 9.17) is 4.52 Å². The lowest BCUT2D eigenvalue weighted by Crippen LogP contribution is -1.89. The third kappa shape index (κ3) is 1.41. The van der Waals surface area contributed by atoms with E-state index in [0.29, 0.717) is 9.72 Å². The minimum atomic E-state index is 0.459. The highest BCUT2D eigenvalue weighted by Gasteiger charge is 2.15. The van der Waals surface area contributed by atoms with E-state index >= 15 is 0 Å². The number of halogens is 1. The van der Waals surface area contributed by atoms with Gasteiger partial charge < -0.3 is 4.52 Å². The Morgan fingerprint density at radius 2 is 2.12 bits per heavy atom. The van der Waals surface area contributed by atoms with E-state index < -0.39 is 0 Å². The molecule has 3 rings (SSSR count). The van der Waals surface area contributed by atoms with Crippen molar-refractivity contribution in [2.45, 2.75) is 0 Å². The van der Waals surface area contributed by atoms with Crippen molar-refractivity contribution in [2.75, 3.05) is 0 Å². The number of para-hydroxylation sites is 1. The van der Waals surface area contributed by atoms with Crippen LogP contribution in [-0.2, 0) is 7.05 Å². The fourth-order valence-corrected chi connectivity index (χ4v) is 1.99. The molecule has 80 valence electrons. The maximum absolute atomic E-state index is 5.13. The van der Waals surface area contributed by atoms with Gasteiger partial charge in [-0.05, 0) is 6.07 Å². The molecule has 0 spiro atoms. The molecule has 0 aliphatic heterocycles. The molecule has 0 aliphatic carbocycles. The van der Waals surface area contributed by atoms with Crippen LogP contribution >= 0.6 is 22.6 Å². The molecule has 0 N–H and O–H groups in total. The first kappa shape index (κ1) is 9.76. The van der Waals surface area contributed by atoms with Crippen molar-refractivity contribution in [1.29, 1.82) is 0 Å². The van der Waals surface area contributed by atoms with E-state index in [1.54, 1.807) is 0 Å². The molecule has 2 heterocycles. The summed E-state index contributed by atoms with van der Waals surface area (Å²) >= 11 is 2.01. The van der Waals surface area contributed by atoms with Crippen LogP contribution < -0.4 is 0 Å². The SMILES string of the molecule is Cn1nc(-c2nc(I)no2)c2ccccc21. The Morgan fingerprint density at radius 1 is 1.31 bits per heavy atom. The van der Waals surface area contributed by atoms with Crippen molar-refractivity contribution in [2.24, 2.45) is 7.05 Å². The van der Waals surface area contributed by atoms with Crippen molar-refractivity contribution in [1.82, 2.24) is 19.9 Å². The average Bonchev–Trinajstić information content (AvgIpc) is 2.84. The number of hydrogen-bond donors (Lipinski definition) is 0. The van der Waals surface area contributed by atoms with Crippen molar-refractivity contribution in [3.63, 3.8) is 0 Å². The number of hydrogen-bond acceptors (Lipinski definition) is 4. The normalized spacial score (nSPS) is 11.1. The fourth-order valence-electron chi connectivity index (χ4n) is 1.67. The maximum atomic E-state index is 5.13. The van der Waals surface area contributed by atoms with Gasteiger partial charge in [0.25, 0.3) is 5.89 Å². The zero-order valence-corrected chi connectivity index (χ0v) is 10.5. The second-order valence-corrected chi connectivity index (χ2v) is 4.32. The Balaban J connectivity index is 2.32. The number of benzene rings is 1. The van der Waals surface area contributed by atoms with Crippen LogP contribution in [0.4, 0.5) is 0 Å². The van der Waals surface area contributed by atoms with Gasteiger partial charge >= 0.3 is 0 Å². The molecule has 3 aromatic rings. The van der Waals surface area contributed by atoms with Gasteiger partial charge in [-0.15, -0.1) is 0 Å². The highest BCUT2D eigenvalue weighted by molar-refractivity contribution is 14.1. The second-order valence-electron chi connectivity index (χ2n) is 3.36. The zero-order chi connectivity index (χ0) is 11.1.